The van der Waals surface area contributed by atoms with E-state index in [0.29, 0.717) is 29.6 Å². The van der Waals surface area contributed by atoms with E-state index in [-0.39, 0.29) is 12.5 Å². The minimum Gasteiger partial charge on any atom is -0.352 e. The highest BCUT2D eigenvalue weighted by atomic mass is 32.1. The van der Waals surface area contributed by atoms with E-state index in [1.54, 1.807) is 19.2 Å². The predicted molar refractivity (Wildman–Crippen MR) is 98.6 cm³/mol. The fraction of sp³-hybridized carbons (Fsp3) is 0.353. The smallest absolute Gasteiger partial charge is 0.352 e. The van der Waals surface area contributed by atoms with Gasteiger partial charge in [0.25, 0.3) is 5.91 Å². The first-order valence-corrected chi connectivity index (χ1v) is 9.04. The van der Waals surface area contributed by atoms with Crippen LogP contribution in [0.2, 0.25) is 0 Å². The van der Waals surface area contributed by atoms with Gasteiger partial charge in [0.2, 0.25) is 0 Å². The van der Waals surface area contributed by atoms with E-state index in [1.807, 2.05) is 19.1 Å². The van der Waals surface area contributed by atoms with E-state index in [4.69, 9.17) is 0 Å². The Morgan fingerprint density at radius 1 is 1.15 bits per heavy atom. The largest absolute Gasteiger partial charge is 0.434 e. The normalized spacial score (nSPS) is 12.0. The Balaban J connectivity index is 1.85. The maximum Gasteiger partial charge on any atom is 0.434 e. The topological polar surface area (TPSA) is 78.4 Å². The van der Waals surface area contributed by atoms with E-state index >= 15 is 0 Å². The second-order valence-corrected chi connectivity index (χ2v) is 6.40. The number of thiazole rings is 1. The molecule has 0 spiro atoms. The van der Waals surface area contributed by atoms with Crippen molar-refractivity contribution >= 4 is 23.2 Å². The maximum atomic E-state index is 12.6. The zero-order chi connectivity index (χ0) is 19.9. The van der Waals surface area contributed by atoms with Crippen LogP contribution >= 0.6 is 11.3 Å². The minimum atomic E-state index is -4.44. The van der Waals surface area contributed by atoms with Crippen molar-refractivity contribution in [1.82, 2.24) is 20.9 Å². The van der Waals surface area contributed by atoms with Crippen molar-refractivity contribution < 1.29 is 18.0 Å². The summed E-state index contributed by atoms with van der Waals surface area (Å²) in [5.41, 5.74) is 0.617. The Kier molecular flexibility index (Phi) is 7.17. The van der Waals surface area contributed by atoms with Gasteiger partial charge in [-0.1, -0.05) is 12.1 Å². The number of halogens is 3. The Morgan fingerprint density at radius 3 is 2.37 bits per heavy atom. The molecule has 0 bridgehead atoms. The molecule has 10 heteroatoms. The number of rotatable bonds is 6. The maximum absolute atomic E-state index is 12.6. The average molecular weight is 399 g/mol. The molecule has 0 saturated carbocycles. The first kappa shape index (κ1) is 20.7. The summed E-state index contributed by atoms with van der Waals surface area (Å²) in [6.07, 6.45) is -4.44. The molecule has 0 atom stereocenters. The van der Waals surface area contributed by atoms with Gasteiger partial charge in [-0.25, -0.2) is 4.98 Å². The van der Waals surface area contributed by atoms with E-state index < -0.39 is 11.9 Å². The molecule has 0 fully saturated rings. The molecule has 6 nitrogen and oxygen atoms in total. The highest BCUT2D eigenvalue weighted by Crippen LogP contribution is 2.29. The van der Waals surface area contributed by atoms with Crippen LogP contribution in [0.5, 0.6) is 0 Å². The van der Waals surface area contributed by atoms with Gasteiger partial charge in [0.05, 0.1) is 6.54 Å². The van der Waals surface area contributed by atoms with Gasteiger partial charge in [0, 0.05) is 31.1 Å². The van der Waals surface area contributed by atoms with Gasteiger partial charge in [-0.3, -0.25) is 9.79 Å². The molecule has 27 heavy (non-hydrogen) atoms. The molecule has 0 saturated heterocycles. The molecule has 0 aliphatic heterocycles. The van der Waals surface area contributed by atoms with Crippen molar-refractivity contribution in [3.63, 3.8) is 0 Å². The molecular formula is C17H20F3N5OS. The molecule has 1 aromatic heterocycles. The monoisotopic (exact) mass is 399 g/mol. The van der Waals surface area contributed by atoms with E-state index in [2.05, 4.69) is 25.9 Å². The SMILES string of the molecule is CCNC(=O)c1ccc(CNC(=NC)NCc2nc(C(F)(F)F)cs2)cc1. The Morgan fingerprint density at radius 2 is 1.81 bits per heavy atom. The lowest BCUT2D eigenvalue weighted by Crippen LogP contribution is -2.36. The summed E-state index contributed by atoms with van der Waals surface area (Å²) >= 11 is 0.937. The number of alkyl halides is 3. The van der Waals surface area contributed by atoms with Crippen LogP contribution in [0, 0.1) is 0 Å². The number of guanidine groups is 1. The van der Waals surface area contributed by atoms with Crippen molar-refractivity contribution in [3.8, 4) is 0 Å². The van der Waals surface area contributed by atoms with Crippen molar-refractivity contribution in [2.24, 2.45) is 4.99 Å². The number of nitrogens with zero attached hydrogens (tertiary/aromatic N) is 2. The molecule has 1 aromatic carbocycles. The molecule has 3 N–H and O–H groups in total. The number of nitrogens with one attached hydrogen (secondary N) is 3. The standard InChI is InChI=1S/C17H20F3N5OS/c1-3-22-15(26)12-6-4-11(5-7-12)8-23-16(21-2)24-9-14-25-13(10-27-14)17(18,19)20/h4-7,10H,3,8-9H2,1-2H3,(H,22,26)(H2,21,23,24). The van der Waals surface area contributed by atoms with Gasteiger partial charge in [0.15, 0.2) is 11.7 Å². The molecule has 2 rings (SSSR count). The molecule has 0 unspecified atom stereocenters. The lowest BCUT2D eigenvalue weighted by atomic mass is 10.1. The summed E-state index contributed by atoms with van der Waals surface area (Å²) in [5, 5.41) is 10.0. The quantitative estimate of drug-likeness (QED) is 0.516. The Hall–Kier alpha value is -2.62. The summed E-state index contributed by atoms with van der Waals surface area (Å²) in [7, 11) is 1.57. The first-order valence-electron chi connectivity index (χ1n) is 8.16. The number of hydrogen-bond acceptors (Lipinski definition) is 4. The average Bonchev–Trinajstić information content (AvgIpc) is 3.12. The highest BCUT2D eigenvalue weighted by molar-refractivity contribution is 7.09. The molecule has 0 radical (unpaired) electrons. The summed E-state index contributed by atoms with van der Waals surface area (Å²) in [5.74, 6) is 0.308. The molecule has 1 heterocycles. The zero-order valence-corrected chi connectivity index (χ0v) is 15.7. The summed E-state index contributed by atoms with van der Waals surface area (Å²) in [6.45, 7) is 3.00. The van der Waals surface area contributed by atoms with Gasteiger partial charge in [-0.05, 0) is 24.6 Å². The number of aromatic nitrogens is 1. The van der Waals surface area contributed by atoms with Crippen molar-refractivity contribution in [2.45, 2.75) is 26.2 Å². The molecular weight excluding hydrogens is 379 g/mol. The van der Waals surface area contributed by atoms with Gasteiger partial charge in [-0.2, -0.15) is 13.2 Å². The van der Waals surface area contributed by atoms with E-state index in [1.165, 1.54) is 0 Å². The summed E-state index contributed by atoms with van der Waals surface area (Å²) in [6, 6.07) is 7.10. The van der Waals surface area contributed by atoms with E-state index in [9.17, 15) is 18.0 Å². The fourth-order valence-electron chi connectivity index (χ4n) is 2.12. The second-order valence-electron chi connectivity index (χ2n) is 5.46. The van der Waals surface area contributed by atoms with Crippen LogP contribution in [0.4, 0.5) is 13.2 Å². The van der Waals surface area contributed by atoms with Crippen LogP contribution in [0.25, 0.3) is 0 Å². The zero-order valence-electron chi connectivity index (χ0n) is 14.9. The van der Waals surface area contributed by atoms with Gasteiger partial charge in [0.1, 0.15) is 5.01 Å². The number of benzene rings is 1. The van der Waals surface area contributed by atoms with Gasteiger partial charge >= 0.3 is 6.18 Å². The number of amides is 1. The second kappa shape index (κ2) is 9.36. The van der Waals surface area contributed by atoms with Crippen LogP contribution in [0.1, 0.15) is 33.5 Å². The third-order valence-electron chi connectivity index (χ3n) is 3.49. The Labute approximate surface area is 158 Å². The van der Waals surface area contributed by atoms with E-state index in [0.717, 1.165) is 22.3 Å². The van der Waals surface area contributed by atoms with Crippen LogP contribution in [-0.4, -0.2) is 30.4 Å². The molecule has 0 aliphatic carbocycles. The van der Waals surface area contributed by atoms with Gasteiger partial charge in [-0.15, -0.1) is 11.3 Å². The summed E-state index contributed by atoms with van der Waals surface area (Å²) < 4.78 is 37.7. The van der Waals surface area contributed by atoms with Crippen LogP contribution in [0.3, 0.4) is 0 Å². The third-order valence-corrected chi connectivity index (χ3v) is 4.34. The van der Waals surface area contributed by atoms with Crippen LogP contribution in [0.15, 0.2) is 34.6 Å². The van der Waals surface area contributed by atoms with Crippen LogP contribution in [-0.2, 0) is 19.3 Å². The number of carbonyl (C=O) groups is 1. The lowest BCUT2D eigenvalue weighted by molar-refractivity contribution is -0.140. The molecule has 1 amide bonds. The van der Waals surface area contributed by atoms with Gasteiger partial charge < -0.3 is 16.0 Å². The van der Waals surface area contributed by atoms with Crippen molar-refractivity contribution in [2.75, 3.05) is 13.6 Å². The fourth-order valence-corrected chi connectivity index (χ4v) is 2.87. The lowest BCUT2D eigenvalue weighted by Gasteiger charge is -2.11. The Bertz CT molecular complexity index is 787. The molecule has 2 aromatic rings. The molecule has 0 aliphatic rings. The van der Waals surface area contributed by atoms with Crippen molar-refractivity contribution in [3.05, 3.63) is 51.5 Å². The predicted octanol–water partition coefficient (Wildman–Crippen LogP) is 2.78. The third kappa shape index (κ3) is 6.24. The van der Waals surface area contributed by atoms with Crippen LogP contribution < -0.4 is 16.0 Å². The first-order chi connectivity index (χ1) is 12.8. The van der Waals surface area contributed by atoms with Crippen molar-refractivity contribution in [1.29, 1.82) is 0 Å². The molecule has 146 valence electrons. The summed E-state index contributed by atoms with van der Waals surface area (Å²) in [4.78, 5) is 19.3. The number of carbonyl (C=O) groups excluding carboxylic acids is 1. The highest BCUT2D eigenvalue weighted by Gasteiger charge is 2.33. The number of aliphatic imine (C=N–C) groups is 1. The minimum absolute atomic E-state index is 0.129. The number of hydrogen-bond donors (Lipinski definition) is 3.